The summed E-state index contributed by atoms with van der Waals surface area (Å²) < 4.78 is 6.83. The molecule has 1 saturated heterocycles. The predicted octanol–water partition coefficient (Wildman–Crippen LogP) is 2.81. The molecule has 4 heteroatoms. The molecule has 2 atom stereocenters. The van der Waals surface area contributed by atoms with E-state index >= 15 is 0 Å². The first-order valence-corrected chi connectivity index (χ1v) is 7.31. The number of aromatic nitrogens is 1. The maximum absolute atomic E-state index is 5.56. The first-order valence-electron chi connectivity index (χ1n) is 6.50. The molecular formula is C14H18N2OS. The van der Waals surface area contributed by atoms with Crippen molar-refractivity contribution in [2.45, 2.75) is 26.0 Å². The van der Waals surface area contributed by atoms with E-state index in [0.717, 1.165) is 25.2 Å². The van der Waals surface area contributed by atoms with E-state index in [4.69, 9.17) is 4.74 Å². The van der Waals surface area contributed by atoms with Crippen molar-refractivity contribution in [1.29, 1.82) is 0 Å². The Morgan fingerprint density at radius 2 is 2.33 bits per heavy atom. The Balaban J connectivity index is 1.56. The average molecular weight is 262 g/mol. The summed E-state index contributed by atoms with van der Waals surface area (Å²) >= 11 is 1.78. The minimum Gasteiger partial charge on any atom is -0.378 e. The van der Waals surface area contributed by atoms with Crippen LogP contribution in [0.1, 0.15) is 18.4 Å². The highest BCUT2D eigenvalue weighted by molar-refractivity contribution is 7.18. The Morgan fingerprint density at radius 1 is 1.44 bits per heavy atom. The predicted molar refractivity (Wildman–Crippen MR) is 74.8 cm³/mol. The number of rotatable bonds is 4. The largest absolute Gasteiger partial charge is 0.378 e. The maximum atomic E-state index is 5.56. The van der Waals surface area contributed by atoms with Crippen molar-refractivity contribution in [3.63, 3.8) is 0 Å². The van der Waals surface area contributed by atoms with Gasteiger partial charge in [-0.3, -0.25) is 0 Å². The normalized spacial score (nSPS) is 23.8. The minimum absolute atomic E-state index is 0.396. The summed E-state index contributed by atoms with van der Waals surface area (Å²) in [5.74, 6) is 0.652. The van der Waals surface area contributed by atoms with E-state index in [2.05, 4.69) is 35.4 Å². The smallest absolute Gasteiger partial charge is 0.108 e. The molecule has 1 aromatic carbocycles. The first-order chi connectivity index (χ1) is 8.83. The summed E-state index contributed by atoms with van der Waals surface area (Å²) in [6.45, 7) is 4.96. The molecule has 1 fully saturated rings. The van der Waals surface area contributed by atoms with Crippen LogP contribution in [0.15, 0.2) is 24.3 Å². The SMILES string of the molecule is CC1OCCC1CNCc1nc2ccccc2s1. The number of hydrogen-bond acceptors (Lipinski definition) is 4. The van der Waals surface area contributed by atoms with Gasteiger partial charge in [-0.25, -0.2) is 4.98 Å². The Kier molecular flexibility index (Phi) is 3.59. The molecule has 2 heterocycles. The van der Waals surface area contributed by atoms with Crippen LogP contribution in [0, 0.1) is 5.92 Å². The van der Waals surface area contributed by atoms with Gasteiger partial charge in [-0.15, -0.1) is 11.3 Å². The lowest BCUT2D eigenvalue weighted by Crippen LogP contribution is -2.26. The van der Waals surface area contributed by atoms with Crippen molar-refractivity contribution in [2.24, 2.45) is 5.92 Å². The van der Waals surface area contributed by atoms with Gasteiger partial charge in [0.2, 0.25) is 0 Å². The third kappa shape index (κ3) is 2.55. The molecule has 1 N–H and O–H groups in total. The summed E-state index contributed by atoms with van der Waals surface area (Å²) in [4.78, 5) is 4.62. The number of para-hydroxylation sites is 1. The zero-order valence-electron chi connectivity index (χ0n) is 10.6. The molecule has 1 aliphatic heterocycles. The number of fused-ring (bicyclic) bond motifs is 1. The van der Waals surface area contributed by atoms with Crippen molar-refractivity contribution >= 4 is 21.6 Å². The third-order valence-corrected chi connectivity index (χ3v) is 4.59. The fraction of sp³-hybridized carbons (Fsp3) is 0.500. The van der Waals surface area contributed by atoms with Gasteiger partial charge in [0.05, 0.1) is 16.3 Å². The zero-order chi connectivity index (χ0) is 12.4. The van der Waals surface area contributed by atoms with Crippen molar-refractivity contribution in [2.75, 3.05) is 13.2 Å². The molecule has 0 saturated carbocycles. The molecular weight excluding hydrogens is 244 g/mol. The van der Waals surface area contributed by atoms with Gasteiger partial charge < -0.3 is 10.1 Å². The highest BCUT2D eigenvalue weighted by atomic mass is 32.1. The van der Waals surface area contributed by atoms with Crippen LogP contribution in [0.5, 0.6) is 0 Å². The number of nitrogens with zero attached hydrogens (tertiary/aromatic N) is 1. The number of benzene rings is 1. The van der Waals surface area contributed by atoms with Crippen LogP contribution in [0.3, 0.4) is 0 Å². The van der Waals surface area contributed by atoms with Crippen molar-refractivity contribution in [3.05, 3.63) is 29.3 Å². The fourth-order valence-electron chi connectivity index (χ4n) is 2.40. The van der Waals surface area contributed by atoms with Crippen LogP contribution in [-0.2, 0) is 11.3 Å². The van der Waals surface area contributed by atoms with Gasteiger partial charge >= 0.3 is 0 Å². The number of hydrogen-bond donors (Lipinski definition) is 1. The molecule has 3 nitrogen and oxygen atoms in total. The second-order valence-electron chi connectivity index (χ2n) is 4.83. The molecule has 2 unspecified atom stereocenters. The molecule has 18 heavy (non-hydrogen) atoms. The highest BCUT2D eigenvalue weighted by Crippen LogP contribution is 2.22. The van der Waals surface area contributed by atoms with Gasteiger partial charge in [-0.2, -0.15) is 0 Å². The maximum Gasteiger partial charge on any atom is 0.108 e. The summed E-state index contributed by atoms with van der Waals surface area (Å²) in [6.07, 6.45) is 1.57. The Hall–Kier alpha value is -0.970. The van der Waals surface area contributed by atoms with Gasteiger partial charge in [-0.05, 0) is 31.4 Å². The van der Waals surface area contributed by atoms with Gasteiger partial charge in [0.25, 0.3) is 0 Å². The van der Waals surface area contributed by atoms with Crippen LogP contribution >= 0.6 is 11.3 Å². The molecule has 1 aromatic heterocycles. The van der Waals surface area contributed by atoms with E-state index in [0.29, 0.717) is 12.0 Å². The van der Waals surface area contributed by atoms with Crippen LogP contribution in [-0.4, -0.2) is 24.2 Å². The van der Waals surface area contributed by atoms with E-state index in [1.54, 1.807) is 11.3 Å². The Labute approximate surface area is 111 Å². The highest BCUT2D eigenvalue weighted by Gasteiger charge is 2.23. The van der Waals surface area contributed by atoms with Gasteiger partial charge in [-0.1, -0.05) is 12.1 Å². The molecule has 1 aliphatic rings. The molecule has 96 valence electrons. The molecule has 3 rings (SSSR count). The van der Waals surface area contributed by atoms with Gasteiger partial charge in [0.15, 0.2) is 0 Å². The Morgan fingerprint density at radius 3 is 3.11 bits per heavy atom. The third-order valence-electron chi connectivity index (χ3n) is 3.55. The number of thiazole rings is 1. The summed E-state index contributed by atoms with van der Waals surface area (Å²) in [5, 5.41) is 4.67. The van der Waals surface area contributed by atoms with E-state index in [1.165, 1.54) is 16.1 Å². The second kappa shape index (κ2) is 5.34. The minimum atomic E-state index is 0.396. The fourth-order valence-corrected chi connectivity index (χ4v) is 3.34. The first kappa shape index (κ1) is 12.1. The molecule has 0 radical (unpaired) electrons. The lowest BCUT2D eigenvalue weighted by Gasteiger charge is -2.13. The molecule has 0 aliphatic carbocycles. The molecule has 2 aromatic rings. The van der Waals surface area contributed by atoms with Crippen molar-refractivity contribution < 1.29 is 4.74 Å². The standard InChI is InChI=1S/C14H18N2OS/c1-10-11(6-7-17-10)8-15-9-14-16-12-4-2-3-5-13(12)18-14/h2-5,10-11,15H,6-9H2,1H3. The van der Waals surface area contributed by atoms with E-state index in [-0.39, 0.29) is 0 Å². The number of ether oxygens (including phenoxy) is 1. The summed E-state index contributed by atoms with van der Waals surface area (Å²) in [6, 6.07) is 8.30. The monoisotopic (exact) mass is 262 g/mol. The van der Waals surface area contributed by atoms with E-state index in [9.17, 15) is 0 Å². The van der Waals surface area contributed by atoms with Crippen molar-refractivity contribution in [1.82, 2.24) is 10.3 Å². The molecule has 0 spiro atoms. The summed E-state index contributed by atoms with van der Waals surface area (Å²) in [5.41, 5.74) is 1.11. The van der Waals surface area contributed by atoms with Gasteiger partial charge in [0, 0.05) is 19.7 Å². The summed E-state index contributed by atoms with van der Waals surface area (Å²) in [7, 11) is 0. The molecule has 0 amide bonds. The van der Waals surface area contributed by atoms with Gasteiger partial charge in [0.1, 0.15) is 5.01 Å². The quantitative estimate of drug-likeness (QED) is 0.920. The second-order valence-corrected chi connectivity index (χ2v) is 5.95. The van der Waals surface area contributed by atoms with Crippen molar-refractivity contribution in [3.8, 4) is 0 Å². The van der Waals surface area contributed by atoms with Crippen LogP contribution in [0.4, 0.5) is 0 Å². The van der Waals surface area contributed by atoms with E-state index < -0.39 is 0 Å². The average Bonchev–Trinajstić information content (AvgIpc) is 2.96. The lowest BCUT2D eigenvalue weighted by atomic mass is 10.0. The van der Waals surface area contributed by atoms with Crippen LogP contribution < -0.4 is 5.32 Å². The Bertz CT molecular complexity index is 492. The number of nitrogens with one attached hydrogen (secondary N) is 1. The molecule has 0 bridgehead atoms. The van der Waals surface area contributed by atoms with Crippen LogP contribution in [0.25, 0.3) is 10.2 Å². The topological polar surface area (TPSA) is 34.1 Å². The van der Waals surface area contributed by atoms with Crippen LogP contribution in [0.2, 0.25) is 0 Å². The zero-order valence-corrected chi connectivity index (χ0v) is 11.4. The van der Waals surface area contributed by atoms with E-state index in [1.807, 2.05) is 6.07 Å². The lowest BCUT2D eigenvalue weighted by molar-refractivity contribution is 0.105.